The number of rotatable bonds is 3. The van der Waals surface area contributed by atoms with Gasteiger partial charge in [0.2, 0.25) is 0 Å². The van der Waals surface area contributed by atoms with Crippen molar-refractivity contribution < 1.29 is 14.6 Å². The van der Waals surface area contributed by atoms with Gasteiger partial charge >= 0.3 is 5.97 Å². The molecule has 0 aliphatic heterocycles. The highest BCUT2D eigenvalue weighted by atomic mass is 16.5. The molecule has 0 fully saturated rings. The molecule has 0 saturated carbocycles. The summed E-state index contributed by atoms with van der Waals surface area (Å²) in [5.74, 6) is -0.487. The summed E-state index contributed by atoms with van der Waals surface area (Å²) in [6.07, 6.45) is 2.80. The molecule has 0 saturated heterocycles. The molecular weight excluding hydrogens is 204 g/mol. The zero-order chi connectivity index (χ0) is 11.7. The predicted octanol–water partition coefficient (Wildman–Crippen LogP) is 2.36. The van der Waals surface area contributed by atoms with Gasteiger partial charge in [-0.25, -0.2) is 0 Å². The minimum atomic E-state index is -0.790. The quantitative estimate of drug-likeness (QED) is 0.847. The van der Waals surface area contributed by atoms with Crippen molar-refractivity contribution in [3.8, 4) is 5.75 Å². The summed E-state index contributed by atoms with van der Waals surface area (Å²) in [5, 5.41) is 9.02. The number of hydrogen-bond donors (Lipinski definition) is 1. The van der Waals surface area contributed by atoms with Crippen molar-refractivity contribution in [3.05, 3.63) is 35.4 Å². The number of ether oxygens (including phenoxy) is 1. The van der Waals surface area contributed by atoms with Crippen LogP contribution in [0.5, 0.6) is 5.75 Å². The molecule has 1 aliphatic carbocycles. The van der Waals surface area contributed by atoms with Gasteiger partial charge in [0.1, 0.15) is 5.75 Å². The van der Waals surface area contributed by atoms with E-state index < -0.39 is 11.9 Å². The molecule has 2 rings (SSSR count). The Labute approximate surface area is 94.4 Å². The average molecular weight is 218 g/mol. The van der Waals surface area contributed by atoms with E-state index >= 15 is 0 Å². The third-order valence-corrected chi connectivity index (χ3v) is 3.01. The van der Waals surface area contributed by atoms with Crippen molar-refractivity contribution >= 4 is 11.5 Å². The van der Waals surface area contributed by atoms with Gasteiger partial charge in [0.05, 0.1) is 13.0 Å². The first-order valence-corrected chi connectivity index (χ1v) is 5.23. The molecule has 1 N–H and O–H groups in total. The van der Waals surface area contributed by atoms with E-state index in [0.29, 0.717) is 0 Å². The minimum absolute atomic E-state index is 0.464. The van der Waals surface area contributed by atoms with Crippen LogP contribution >= 0.6 is 0 Å². The predicted molar refractivity (Wildman–Crippen MR) is 61.5 cm³/mol. The maximum absolute atomic E-state index is 11.0. The van der Waals surface area contributed by atoms with Crippen LogP contribution in [0.25, 0.3) is 5.57 Å². The van der Waals surface area contributed by atoms with Crippen molar-refractivity contribution in [3.63, 3.8) is 0 Å². The molecule has 1 unspecified atom stereocenters. The molecule has 1 aliphatic rings. The number of carbonyl (C=O) groups is 1. The maximum Gasteiger partial charge on any atom is 0.310 e. The normalized spacial score (nSPS) is 15.2. The number of allylic oxidation sites excluding steroid dienone is 1. The Morgan fingerprint density at radius 2 is 2.25 bits per heavy atom. The van der Waals surface area contributed by atoms with Gasteiger partial charge in [0.15, 0.2) is 0 Å². The highest BCUT2D eigenvalue weighted by Crippen LogP contribution is 2.35. The second-order valence-corrected chi connectivity index (χ2v) is 3.95. The molecule has 1 aromatic rings. The molecule has 16 heavy (non-hydrogen) atoms. The lowest BCUT2D eigenvalue weighted by molar-refractivity contribution is -0.139. The molecule has 0 heterocycles. The Kier molecular flexibility index (Phi) is 2.69. The molecule has 0 amide bonds. The SMILES string of the molecule is COc1ccc2c(c1)C(C(C)C(=O)O)=CC2. The van der Waals surface area contributed by atoms with E-state index in [0.717, 1.165) is 23.3 Å². The highest BCUT2D eigenvalue weighted by molar-refractivity contribution is 5.89. The standard InChI is InChI=1S/C13H14O3/c1-8(13(14)15)11-6-4-9-3-5-10(16-2)7-12(9)11/h3,5-8H,4H2,1-2H3,(H,14,15). The topological polar surface area (TPSA) is 46.5 Å². The molecule has 3 heteroatoms. The summed E-state index contributed by atoms with van der Waals surface area (Å²) in [4.78, 5) is 11.0. The van der Waals surface area contributed by atoms with E-state index in [1.54, 1.807) is 14.0 Å². The molecule has 3 nitrogen and oxygen atoms in total. The van der Waals surface area contributed by atoms with Gasteiger partial charge in [0, 0.05) is 0 Å². The Morgan fingerprint density at radius 1 is 1.50 bits per heavy atom. The molecule has 0 radical (unpaired) electrons. The molecule has 84 valence electrons. The van der Waals surface area contributed by atoms with Gasteiger partial charge in [-0.3, -0.25) is 4.79 Å². The van der Waals surface area contributed by atoms with Crippen molar-refractivity contribution in [1.29, 1.82) is 0 Å². The lowest BCUT2D eigenvalue weighted by Gasteiger charge is -2.11. The van der Waals surface area contributed by atoms with Crippen LogP contribution in [0.1, 0.15) is 18.1 Å². The monoisotopic (exact) mass is 218 g/mol. The Bertz CT molecular complexity index is 460. The molecule has 1 atom stereocenters. The van der Waals surface area contributed by atoms with Gasteiger partial charge in [-0.1, -0.05) is 12.1 Å². The Hall–Kier alpha value is -1.77. The van der Waals surface area contributed by atoms with Gasteiger partial charge in [-0.05, 0) is 42.2 Å². The van der Waals surface area contributed by atoms with Crippen LogP contribution < -0.4 is 4.74 Å². The van der Waals surface area contributed by atoms with Crippen LogP contribution in [-0.4, -0.2) is 18.2 Å². The van der Waals surface area contributed by atoms with Crippen LogP contribution in [0.2, 0.25) is 0 Å². The summed E-state index contributed by atoms with van der Waals surface area (Å²) in [6, 6.07) is 5.81. The Morgan fingerprint density at radius 3 is 2.88 bits per heavy atom. The summed E-state index contributed by atoms with van der Waals surface area (Å²) < 4.78 is 5.15. The zero-order valence-corrected chi connectivity index (χ0v) is 9.36. The first kappa shape index (κ1) is 10.7. The average Bonchev–Trinajstić information content (AvgIpc) is 2.70. The summed E-state index contributed by atoms with van der Waals surface area (Å²) in [5.41, 5.74) is 3.07. The molecule has 0 spiro atoms. The number of carboxylic acids is 1. The maximum atomic E-state index is 11.0. The van der Waals surface area contributed by atoms with E-state index in [2.05, 4.69) is 0 Å². The summed E-state index contributed by atoms with van der Waals surface area (Å²) >= 11 is 0. The third kappa shape index (κ3) is 1.69. The fourth-order valence-electron chi connectivity index (χ4n) is 2.00. The lowest BCUT2D eigenvalue weighted by Crippen LogP contribution is -2.10. The van der Waals surface area contributed by atoms with Crippen LogP contribution in [-0.2, 0) is 11.2 Å². The number of carboxylic acid groups (broad SMARTS) is 1. The van der Waals surface area contributed by atoms with E-state index in [9.17, 15) is 4.79 Å². The van der Waals surface area contributed by atoms with Gasteiger partial charge in [-0.15, -0.1) is 0 Å². The van der Waals surface area contributed by atoms with Crippen molar-refractivity contribution in [2.24, 2.45) is 5.92 Å². The summed E-state index contributed by atoms with van der Waals surface area (Å²) in [6.45, 7) is 1.71. The molecule has 0 aromatic heterocycles. The van der Waals surface area contributed by atoms with E-state index in [-0.39, 0.29) is 0 Å². The molecule has 0 bridgehead atoms. The van der Waals surface area contributed by atoms with Crippen LogP contribution in [0.4, 0.5) is 0 Å². The smallest absolute Gasteiger partial charge is 0.310 e. The fraction of sp³-hybridized carbons (Fsp3) is 0.308. The highest BCUT2D eigenvalue weighted by Gasteiger charge is 2.23. The number of methoxy groups -OCH3 is 1. The van der Waals surface area contributed by atoms with Crippen molar-refractivity contribution in [1.82, 2.24) is 0 Å². The number of benzene rings is 1. The second-order valence-electron chi connectivity index (χ2n) is 3.95. The molecular formula is C13H14O3. The largest absolute Gasteiger partial charge is 0.497 e. The van der Waals surface area contributed by atoms with Gasteiger partial charge in [-0.2, -0.15) is 0 Å². The van der Waals surface area contributed by atoms with Crippen LogP contribution in [0, 0.1) is 5.92 Å². The van der Waals surface area contributed by atoms with Crippen LogP contribution in [0.15, 0.2) is 24.3 Å². The van der Waals surface area contributed by atoms with Crippen molar-refractivity contribution in [2.75, 3.05) is 7.11 Å². The van der Waals surface area contributed by atoms with Gasteiger partial charge < -0.3 is 9.84 Å². The second kappa shape index (κ2) is 4.00. The minimum Gasteiger partial charge on any atom is -0.497 e. The number of fused-ring (bicyclic) bond motifs is 1. The van der Waals surface area contributed by atoms with Crippen LogP contribution in [0.3, 0.4) is 0 Å². The third-order valence-electron chi connectivity index (χ3n) is 3.01. The van der Waals surface area contributed by atoms with E-state index in [4.69, 9.17) is 9.84 Å². The fourth-order valence-corrected chi connectivity index (χ4v) is 2.00. The Balaban J connectivity index is 2.39. The van der Waals surface area contributed by atoms with E-state index in [1.807, 2.05) is 24.3 Å². The van der Waals surface area contributed by atoms with Gasteiger partial charge in [0.25, 0.3) is 0 Å². The first-order valence-electron chi connectivity index (χ1n) is 5.23. The van der Waals surface area contributed by atoms with Crippen molar-refractivity contribution in [2.45, 2.75) is 13.3 Å². The zero-order valence-electron chi connectivity index (χ0n) is 9.36. The number of aliphatic carboxylic acids is 1. The molecule has 1 aromatic carbocycles. The first-order chi connectivity index (χ1) is 7.63. The number of hydrogen-bond acceptors (Lipinski definition) is 2. The lowest BCUT2D eigenvalue weighted by atomic mass is 9.95. The van der Waals surface area contributed by atoms with E-state index in [1.165, 1.54) is 5.56 Å². The summed E-state index contributed by atoms with van der Waals surface area (Å²) in [7, 11) is 1.61.